The van der Waals surface area contributed by atoms with Crippen LogP contribution in [-0.2, 0) is 0 Å². The van der Waals surface area contributed by atoms with Crippen molar-refractivity contribution in [2.45, 2.75) is 12.1 Å². The highest BCUT2D eigenvalue weighted by atomic mass is 79.9. The number of aryl methyl sites for hydroxylation is 1. The maximum atomic E-state index is 5.67. The zero-order valence-corrected chi connectivity index (χ0v) is 14.9. The van der Waals surface area contributed by atoms with Crippen LogP contribution >= 0.6 is 27.7 Å². The fourth-order valence-corrected chi connectivity index (χ4v) is 2.74. The number of halogens is 1. The average molecular weight is 391 g/mol. The molecule has 1 aromatic heterocycles. The molecule has 0 saturated carbocycles. The topological polar surface area (TPSA) is 48.2 Å². The zero-order chi connectivity index (χ0) is 16.1. The van der Waals surface area contributed by atoms with E-state index in [9.17, 15) is 0 Å². The smallest absolute Gasteiger partial charge is 0.276 e. The minimum absolute atomic E-state index is 0.527. The number of thioether (sulfide) groups is 1. The van der Waals surface area contributed by atoms with Gasteiger partial charge in [-0.2, -0.15) is 0 Å². The van der Waals surface area contributed by atoms with Gasteiger partial charge in [0.2, 0.25) is 5.89 Å². The Morgan fingerprint density at radius 3 is 2.52 bits per heavy atom. The van der Waals surface area contributed by atoms with E-state index >= 15 is 0 Å². The first-order valence-corrected chi connectivity index (χ1v) is 8.90. The summed E-state index contributed by atoms with van der Waals surface area (Å²) in [7, 11) is 0. The highest BCUT2D eigenvalue weighted by Gasteiger charge is 2.08. The Kier molecular flexibility index (Phi) is 5.35. The van der Waals surface area contributed by atoms with Crippen molar-refractivity contribution >= 4 is 27.7 Å². The van der Waals surface area contributed by atoms with Gasteiger partial charge in [0.05, 0.1) is 6.61 Å². The fraction of sp³-hybridized carbons (Fsp3) is 0.176. The molecule has 0 aliphatic carbocycles. The van der Waals surface area contributed by atoms with Crippen LogP contribution in [0.3, 0.4) is 0 Å². The predicted molar refractivity (Wildman–Crippen MR) is 94.8 cm³/mol. The summed E-state index contributed by atoms with van der Waals surface area (Å²) in [6, 6.07) is 15.8. The normalized spacial score (nSPS) is 10.7. The van der Waals surface area contributed by atoms with Crippen LogP contribution in [-0.4, -0.2) is 22.6 Å². The van der Waals surface area contributed by atoms with Crippen molar-refractivity contribution in [3.63, 3.8) is 0 Å². The van der Waals surface area contributed by atoms with Gasteiger partial charge >= 0.3 is 0 Å². The highest BCUT2D eigenvalue weighted by Crippen LogP contribution is 2.24. The number of benzene rings is 2. The molecule has 0 aliphatic rings. The summed E-state index contributed by atoms with van der Waals surface area (Å²) in [5, 5.41) is 8.67. The molecule has 118 valence electrons. The summed E-state index contributed by atoms with van der Waals surface area (Å²) in [6.07, 6.45) is 0. The molecular weight excluding hydrogens is 376 g/mol. The molecule has 0 amide bonds. The molecule has 23 heavy (non-hydrogen) atoms. The predicted octanol–water partition coefficient (Wildman–Crippen LogP) is 4.98. The molecule has 0 atom stereocenters. The quantitative estimate of drug-likeness (QED) is 0.438. The molecule has 1 heterocycles. The van der Waals surface area contributed by atoms with Gasteiger partial charge in [0.15, 0.2) is 0 Å². The van der Waals surface area contributed by atoms with E-state index in [1.54, 1.807) is 0 Å². The van der Waals surface area contributed by atoms with Crippen LogP contribution in [0.25, 0.3) is 11.5 Å². The van der Waals surface area contributed by atoms with Crippen LogP contribution in [0, 0.1) is 6.92 Å². The third kappa shape index (κ3) is 4.59. The molecule has 0 radical (unpaired) electrons. The largest absolute Gasteiger partial charge is 0.493 e. The van der Waals surface area contributed by atoms with Gasteiger partial charge in [0, 0.05) is 15.8 Å². The Bertz CT molecular complexity index is 757. The maximum absolute atomic E-state index is 5.67. The molecule has 3 aromatic rings. The molecule has 0 fully saturated rings. The minimum atomic E-state index is 0.527. The highest BCUT2D eigenvalue weighted by molar-refractivity contribution is 9.10. The molecule has 3 rings (SSSR count). The first kappa shape index (κ1) is 16.1. The van der Waals surface area contributed by atoms with Crippen LogP contribution in [0.4, 0.5) is 0 Å². The van der Waals surface area contributed by atoms with Crippen molar-refractivity contribution < 1.29 is 9.15 Å². The summed E-state index contributed by atoms with van der Waals surface area (Å²) in [5.74, 6) is 2.15. The number of nitrogens with zero attached hydrogens (tertiary/aromatic N) is 2. The Hall–Kier alpha value is -1.79. The van der Waals surface area contributed by atoms with Gasteiger partial charge in [-0.15, -0.1) is 10.2 Å². The van der Waals surface area contributed by atoms with E-state index in [0.29, 0.717) is 17.7 Å². The van der Waals surface area contributed by atoms with E-state index in [4.69, 9.17) is 9.15 Å². The third-order valence-corrected chi connectivity index (χ3v) is 4.41. The summed E-state index contributed by atoms with van der Waals surface area (Å²) in [4.78, 5) is 0. The van der Waals surface area contributed by atoms with Crippen molar-refractivity contribution in [1.29, 1.82) is 0 Å². The lowest BCUT2D eigenvalue weighted by atomic mass is 10.2. The number of hydrogen-bond acceptors (Lipinski definition) is 5. The number of ether oxygens (including phenoxy) is 1. The molecule has 0 aliphatic heterocycles. The molecular formula is C17H15BrN2O2S. The van der Waals surface area contributed by atoms with Crippen molar-refractivity contribution in [2.75, 3.05) is 12.4 Å². The molecule has 4 nitrogen and oxygen atoms in total. The first-order valence-electron chi connectivity index (χ1n) is 7.12. The second-order valence-electron chi connectivity index (χ2n) is 4.89. The van der Waals surface area contributed by atoms with E-state index in [1.807, 2.05) is 48.5 Å². The van der Waals surface area contributed by atoms with Crippen LogP contribution < -0.4 is 4.74 Å². The summed E-state index contributed by atoms with van der Waals surface area (Å²) in [6.45, 7) is 2.64. The summed E-state index contributed by atoms with van der Waals surface area (Å²) < 4.78 is 12.3. The van der Waals surface area contributed by atoms with E-state index in [0.717, 1.165) is 21.5 Å². The van der Waals surface area contributed by atoms with E-state index < -0.39 is 0 Å². The van der Waals surface area contributed by atoms with E-state index in [2.05, 4.69) is 33.1 Å². The molecule has 0 N–H and O–H groups in total. The Labute approximate surface area is 147 Å². The van der Waals surface area contributed by atoms with Crippen LogP contribution in [0.5, 0.6) is 5.75 Å². The van der Waals surface area contributed by atoms with Gasteiger partial charge in [-0.1, -0.05) is 45.4 Å². The maximum Gasteiger partial charge on any atom is 0.276 e. The Morgan fingerprint density at radius 1 is 1.04 bits per heavy atom. The summed E-state index contributed by atoms with van der Waals surface area (Å²) >= 11 is 4.89. The van der Waals surface area contributed by atoms with Crippen LogP contribution in [0.1, 0.15) is 5.56 Å². The van der Waals surface area contributed by atoms with Gasteiger partial charge in [-0.3, -0.25) is 0 Å². The van der Waals surface area contributed by atoms with Crippen molar-refractivity contribution in [1.82, 2.24) is 10.2 Å². The SMILES string of the molecule is Cc1ccc(OCCSc2nnc(-c3ccc(Br)cc3)o2)cc1. The number of aromatic nitrogens is 2. The molecule has 6 heteroatoms. The van der Waals surface area contributed by atoms with Crippen molar-refractivity contribution in [2.24, 2.45) is 0 Å². The molecule has 0 spiro atoms. The van der Waals surface area contributed by atoms with Gasteiger partial charge in [-0.25, -0.2) is 0 Å². The number of hydrogen-bond donors (Lipinski definition) is 0. The van der Waals surface area contributed by atoms with E-state index in [-0.39, 0.29) is 0 Å². The van der Waals surface area contributed by atoms with Gasteiger partial charge in [0.25, 0.3) is 5.22 Å². The first-order chi connectivity index (χ1) is 11.2. The molecule has 0 unspecified atom stereocenters. The van der Waals surface area contributed by atoms with Crippen molar-refractivity contribution in [3.8, 4) is 17.2 Å². The lowest BCUT2D eigenvalue weighted by Crippen LogP contribution is -1.99. The van der Waals surface area contributed by atoms with Crippen molar-refractivity contribution in [3.05, 3.63) is 58.6 Å². The number of rotatable bonds is 6. The van der Waals surface area contributed by atoms with Crippen LogP contribution in [0.2, 0.25) is 0 Å². The average Bonchev–Trinajstić information content (AvgIpc) is 3.03. The molecule has 2 aromatic carbocycles. The summed E-state index contributed by atoms with van der Waals surface area (Å²) in [5.41, 5.74) is 2.13. The zero-order valence-electron chi connectivity index (χ0n) is 12.5. The second kappa shape index (κ2) is 7.66. The standard InChI is InChI=1S/C17H15BrN2O2S/c1-12-2-8-15(9-3-12)21-10-11-23-17-20-19-16(22-17)13-4-6-14(18)7-5-13/h2-9H,10-11H2,1H3. The lowest BCUT2D eigenvalue weighted by molar-refractivity contribution is 0.343. The van der Waals surface area contributed by atoms with E-state index in [1.165, 1.54) is 17.3 Å². The fourth-order valence-electron chi connectivity index (χ4n) is 1.90. The Morgan fingerprint density at radius 2 is 1.78 bits per heavy atom. The third-order valence-electron chi connectivity index (χ3n) is 3.10. The van der Waals surface area contributed by atoms with Gasteiger partial charge < -0.3 is 9.15 Å². The Balaban J connectivity index is 1.49. The lowest BCUT2D eigenvalue weighted by Gasteiger charge is -2.04. The second-order valence-corrected chi connectivity index (χ2v) is 6.85. The molecule has 0 saturated heterocycles. The molecule has 0 bridgehead atoms. The monoisotopic (exact) mass is 390 g/mol. The van der Waals surface area contributed by atoms with Crippen LogP contribution in [0.15, 0.2) is 62.6 Å². The minimum Gasteiger partial charge on any atom is -0.493 e. The van der Waals surface area contributed by atoms with Gasteiger partial charge in [0.1, 0.15) is 5.75 Å². The van der Waals surface area contributed by atoms with Gasteiger partial charge in [-0.05, 0) is 43.3 Å².